The number of nitrogens with zero attached hydrogens (tertiary/aromatic N) is 2. The van der Waals surface area contributed by atoms with Gasteiger partial charge < -0.3 is 4.74 Å². The third-order valence-corrected chi connectivity index (χ3v) is 2.79. The van der Waals surface area contributed by atoms with Gasteiger partial charge in [0, 0.05) is 0 Å². The highest BCUT2D eigenvalue weighted by molar-refractivity contribution is 7.92. The lowest BCUT2D eigenvalue weighted by molar-refractivity contribution is -0.142. The maximum absolute atomic E-state index is 11.4. The Hall–Kier alpha value is -1.64. The van der Waals surface area contributed by atoms with E-state index in [1.54, 1.807) is 6.92 Å². The normalized spacial score (nSPS) is 11.1. The van der Waals surface area contributed by atoms with Crippen molar-refractivity contribution in [1.82, 2.24) is 15.2 Å². The second-order valence-corrected chi connectivity index (χ2v) is 4.65. The molecule has 1 heterocycles. The molecule has 0 atom stereocenters. The highest BCUT2D eigenvalue weighted by atomic mass is 32.2. The molecule has 0 spiro atoms. The molecule has 90 valence electrons. The van der Waals surface area contributed by atoms with Crippen LogP contribution in [0.4, 0.5) is 5.95 Å². The predicted molar refractivity (Wildman–Crippen MR) is 55.0 cm³/mol. The molecule has 9 heteroatoms. The van der Waals surface area contributed by atoms with Gasteiger partial charge in [0.1, 0.15) is 6.33 Å². The van der Waals surface area contributed by atoms with Crippen molar-refractivity contribution in [2.75, 3.05) is 17.1 Å². The summed E-state index contributed by atoms with van der Waals surface area (Å²) >= 11 is 0. The minimum atomic E-state index is -3.60. The van der Waals surface area contributed by atoms with E-state index in [1.807, 2.05) is 0 Å². The summed E-state index contributed by atoms with van der Waals surface area (Å²) < 4.78 is 29.5. The highest BCUT2D eigenvalue weighted by Crippen LogP contribution is 2.01. The van der Waals surface area contributed by atoms with Crippen molar-refractivity contribution in [3.8, 4) is 0 Å². The molecule has 0 fully saturated rings. The number of carbonyl (C=O) groups excluding carboxylic acids is 1. The van der Waals surface area contributed by atoms with E-state index in [0.29, 0.717) is 0 Å². The summed E-state index contributed by atoms with van der Waals surface area (Å²) in [6.07, 6.45) is 0.973. The second kappa shape index (κ2) is 5.45. The molecule has 0 amide bonds. The van der Waals surface area contributed by atoms with Crippen LogP contribution in [0.5, 0.6) is 0 Å². The Kier molecular flexibility index (Phi) is 4.23. The molecule has 0 saturated heterocycles. The smallest absolute Gasteiger partial charge is 0.306 e. The second-order valence-electron chi connectivity index (χ2n) is 2.81. The van der Waals surface area contributed by atoms with Crippen LogP contribution in [0.15, 0.2) is 6.33 Å². The Bertz CT molecular complexity index is 427. The molecular formula is C7H12N4O4S. The van der Waals surface area contributed by atoms with Crippen molar-refractivity contribution in [2.45, 2.75) is 13.3 Å². The Balaban J connectivity index is 2.43. The zero-order valence-electron chi connectivity index (χ0n) is 8.63. The molecule has 0 unspecified atom stereocenters. The van der Waals surface area contributed by atoms with Crippen LogP contribution >= 0.6 is 0 Å². The third kappa shape index (κ3) is 4.26. The van der Waals surface area contributed by atoms with Gasteiger partial charge >= 0.3 is 5.97 Å². The number of sulfonamides is 1. The molecule has 0 saturated carbocycles. The number of nitrogens with one attached hydrogen (secondary N) is 2. The number of esters is 1. The van der Waals surface area contributed by atoms with Gasteiger partial charge in [0.05, 0.1) is 18.8 Å². The molecule has 1 aromatic heterocycles. The number of ether oxygens (including phenoxy) is 1. The fourth-order valence-electron chi connectivity index (χ4n) is 0.904. The highest BCUT2D eigenvalue weighted by Gasteiger charge is 2.14. The van der Waals surface area contributed by atoms with Crippen LogP contribution in [0, 0.1) is 0 Å². The Morgan fingerprint density at radius 3 is 2.94 bits per heavy atom. The van der Waals surface area contributed by atoms with Crippen LogP contribution in [-0.2, 0) is 19.6 Å². The summed E-state index contributed by atoms with van der Waals surface area (Å²) in [6.45, 7) is 1.88. The lowest BCUT2D eigenvalue weighted by Gasteiger charge is -2.04. The molecule has 16 heavy (non-hydrogen) atoms. The van der Waals surface area contributed by atoms with E-state index in [0.717, 1.165) is 0 Å². The zero-order valence-corrected chi connectivity index (χ0v) is 9.45. The number of carbonyl (C=O) groups is 1. The lowest BCUT2D eigenvalue weighted by atomic mass is 10.5. The Labute approximate surface area is 92.5 Å². The maximum Gasteiger partial charge on any atom is 0.306 e. The van der Waals surface area contributed by atoms with Crippen LogP contribution in [0.2, 0.25) is 0 Å². The van der Waals surface area contributed by atoms with Gasteiger partial charge in [0.25, 0.3) is 0 Å². The van der Waals surface area contributed by atoms with Crippen LogP contribution in [0.1, 0.15) is 13.3 Å². The molecule has 8 nitrogen and oxygen atoms in total. The molecule has 0 radical (unpaired) electrons. The molecule has 1 aromatic rings. The van der Waals surface area contributed by atoms with Crippen molar-refractivity contribution < 1.29 is 17.9 Å². The Morgan fingerprint density at radius 1 is 1.62 bits per heavy atom. The number of aromatic amines is 1. The number of hydrogen-bond acceptors (Lipinski definition) is 6. The topological polar surface area (TPSA) is 114 Å². The summed E-state index contributed by atoms with van der Waals surface area (Å²) in [5.41, 5.74) is 0. The third-order valence-electron chi connectivity index (χ3n) is 1.55. The van der Waals surface area contributed by atoms with Crippen molar-refractivity contribution in [3.05, 3.63) is 6.33 Å². The quantitative estimate of drug-likeness (QED) is 0.656. The van der Waals surface area contributed by atoms with Gasteiger partial charge in [0.2, 0.25) is 16.0 Å². The number of H-pyrrole nitrogens is 1. The van der Waals surface area contributed by atoms with Gasteiger partial charge in [0.15, 0.2) is 0 Å². The SMILES string of the molecule is CCOC(=O)CCS(=O)(=O)Nc1ncn[nH]1. The van der Waals surface area contributed by atoms with E-state index >= 15 is 0 Å². The zero-order chi connectivity index (χ0) is 12.0. The summed E-state index contributed by atoms with van der Waals surface area (Å²) in [6, 6.07) is 0. The number of aromatic nitrogens is 3. The van der Waals surface area contributed by atoms with Crippen LogP contribution in [-0.4, -0.2) is 41.9 Å². The fourth-order valence-corrected chi connectivity index (χ4v) is 1.83. The summed E-state index contributed by atoms with van der Waals surface area (Å²) in [7, 11) is -3.60. The number of rotatable bonds is 6. The van der Waals surface area contributed by atoms with Gasteiger partial charge in [-0.2, -0.15) is 10.1 Å². The standard InChI is InChI=1S/C7H12N4O4S/c1-2-15-6(12)3-4-16(13,14)11-7-8-5-9-10-7/h5H,2-4H2,1H3,(H2,8,9,10,11). The summed E-state index contributed by atoms with van der Waals surface area (Å²) in [5.74, 6) is -0.888. The van der Waals surface area contributed by atoms with E-state index in [9.17, 15) is 13.2 Å². The van der Waals surface area contributed by atoms with Gasteiger partial charge in [-0.05, 0) is 6.92 Å². The Morgan fingerprint density at radius 2 is 2.38 bits per heavy atom. The van der Waals surface area contributed by atoms with Crippen molar-refractivity contribution in [2.24, 2.45) is 0 Å². The minimum absolute atomic E-state index is 0.0175. The van der Waals surface area contributed by atoms with Gasteiger partial charge in [-0.1, -0.05) is 0 Å². The largest absolute Gasteiger partial charge is 0.466 e. The molecule has 0 bridgehead atoms. The predicted octanol–water partition coefficient (Wildman–Crippen LogP) is -0.500. The van der Waals surface area contributed by atoms with Crippen molar-refractivity contribution in [1.29, 1.82) is 0 Å². The van der Waals surface area contributed by atoms with E-state index in [2.05, 4.69) is 24.6 Å². The average Bonchev–Trinajstić information content (AvgIpc) is 2.67. The van der Waals surface area contributed by atoms with E-state index in [-0.39, 0.29) is 24.7 Å². The summed E-state index contributed by atoms with van der Waals surface area (Å²) in [5, 5.41) is 5.81. The molecule has 2 N–H and O–H groups in total. The molecule has 0 aliphatic carbocycles. The van der Waals surface area contributed by atoms with Crippen LogP contribution < -0.4 is 4.72 Å². The van der Waals surface area contributed by atoms with Gasteiger partial charge in [-0.25, -0.2) is 13.5 Å². The first-order valence-corrected chi connectivity index (χ1v) is 6.20. The van der Waals surface area contributed by atoms with Crippen molar-refractivity contribution in [3.63, 3.8) is 0 Å². The lowest BCUT2D eigenvalue weighted by Crippen LogP contribution is -2.20. The monoisotopic (exact) mass is 248 g/mol. The molecule has 0 aliphatic rings. The van der Waals surface area contributed by atoms with E-state index in [1.165, 1.54) is 6.33 Å². The molecule has 0 aliphatic heterocycles. The first kappa shape index (κ1) is 12.4. The summed E-state index contributed by atoms with van der Waals surface area (Å²) in [4.78, 5) is 14.5. The van der Waals surface area contributed by atoms with E-state index in [4.69, 9.17) is 0 Å². The fraction of sp³-hybridized carbons (Fsp3) is 0.571. The maximum atomic E-state index is 11.4. The average molecular weight is 248 g/mol. The minimum Gasteiger partial charge on any atom is -0.466 e. The van der Waals surface area contributed by atoms with Gasteiger partial charge in [-0.3, -0.25) is 9.52 Å². The van der Waals surface area contributed by atoms with E-state index < -0.39 is 16.0 Å². The van der Waals surface area contributed by atoms with Crippen molar-refractivity contribution >= 4 is 21.9 Å². The first-order valence-electron chi connectivity index (χ1n) is 4.55. The van der Waals surface area contributed by atoms with Crippen LogP contribution in [0.3, 0.4) is 0 Å². The van der Waals surface area contributed by atoms with Gasteiger partial charge in [-0.15, -0.1) is 0 Å². The van der Waals surface area contributed by atoms with Crippen LogP contribution in [0.25, 0.3) is 0 Å². The number of hydrogen-bond donors (Lipinski definition) is 2. The molecule has 0 aromatic carbocycles. The first-order chi connectivity index (χ1) is 7.53. The molecule has 1 rings (SSSR count). The molecular weight excluding hydrogens is 236 g/mol. The number of anilines is 1.